The third-order valence-electron chi connectivity index (χ3n) is 2.30. The first kappa shape index (κ1) is 9.98. The zero-order chi connectivity index (χ0) is 9.84. The largest absolute Gasteiger partial charge is 0.368 e. The summed E-state index contributed by atoms with van der Waals surface area (Å²) >= 11 is 0. The molecule has 1 aliphatic heterocycles. The molecule has 0 aromatic carbocycles. The van der Waals surface area contributed by atoms with Crippen LogP contribution in [0.5, 0.6) is 0 Å². The van der Waals surface area contributed by atoms with E-state index in [0.29, 0.717) is 0 Å². The molecule has 0 bridgehead atoms. The maximum Gasteiger partial charge on any atom is 0.236 e. The van der Waals surface area contributed by atoms with E-state index in [2.05, 4.69) is 10.6 Å². The second-order valence-electron chi connectivity index (χ2n) is 3.32. The van der Waals surface area contributed by atoms with Crippen LogP contribution in [0.2, 0.25) is 0 Å². The van der Waals surface area contributed by atoms with E-state index < -0.39 is 5.91 Å². The van der Waals surface area contributed by atoms with Gasteiger partial charge >= 0.3 is 0 Å². The van der Waals surface area contributed by atoms with E-state index >= 15 is 0 Å². The maximum absolute atomic E-state index is 11.4. The van der Waals surface area contributed by atoms with Crippen LogP contribution in [0.4, 0.5) is 0 Å². The Morgan fingerprint density at radius 1 is 1.62 bits per heavy atom. The standard InChI is InChI=1S/C8H15N3O2/c1-5-6(2-3-10-5)8(13)11-4-7(9)12/h5-6,10H,2-4H2,1H3,(H2,9,12)(H,11,13). The Balaban J connectivity index is 2.34. The van der Waals surface area contributed by atoms with E-state index in [0.717, 1.165) is 13.0 Å². The molecule has 74 valence electrons. The van der Waals surface area contributed by atoms with E-state index in [9.17, 15) is 9.59 Å². The van der Waals surface area contributed by atoms with Crippen LogP contribution >= 0.6 is 0 Å². The smallest absolute Gasteiger partial charge is 0.236 e. The van der Waals surface area contributed by atoms with Crippen LogP contribution in [0.15, 0.2) is 0 Å². The van der Waals surface area contributed by atoms with Crippen LogP contribution in [0, 0.1) is 5.92 Å². The van der Waals surface area contributed by atoms with Gasteiger partial charge in [-0.1, -0.05) is 0 Å². The van der Waals surface area contributed by atoms with Gasteiger partial charge in [0.2, 0.25) is 11.8 Å². The fraction of sp³-hybridized carbons (Fsp3) is 0.750. The summed E-state index contributed by atoms with van der Waals surface area (Å²) in [4.78, 5) is 21.8. The lowest BCUT2D eigenvalue weighted by molar-refractivity contribution is -0.127. The van der Waals surface area contributed by atoms with E-state index in [-0.39, 0.29) is 24.4 Å². The van der Waals surface area contributed by atoms with Crippen LogP contribution in [0.3, 0.4) is 0 Å². The molecule has 0 saturated carbocycles. The van der Waals surface area contributed by atoms with Crippen LogP contribution in [0.25, 0.3) is 0 Å². The van der Waals surface area contributed by atoms with Gasteiger partial charge in [-0.3, -0.25) is 9.59 Å². The quantitative estimate of drug-likeness (QED) is 0.505. The van der Waals surface area contributed by atoms with Crippen molar-refractivity contribution in [1.82, 2.24) is 10.6 Å². The SMILES string of the molecule is CC1NCCC1C(=O)NCC(N)=O. The summed E-state index contributed by atoms with van der Waals surface area (Å²) in [5.74, 6) is -0.623. The monoisotopic (exact) mass is 185 g/mol. The van der Waals surface area contributed by atoms with Gasteiger partial charge in [-0.05, 0) is 19.9 Å². The van der Waals surface area contributed by atoms with Crippen molar-refractivity contribution in [3.05, 3.63) is 0 Å². The molecule has 1 rings (SSSR count). The van der Waals surface area contributed by atoms with E-state index in [1.165, 1.54) is 0 Å². The van der Waals surface area contributed by atoms with Crippen molar-refractivity contribution in [2.24, 2.45) is 11.7 Å². The summed E-state index contributed by atoms with van der Waals surface area (Å²) in [5, 5.41) is 5.66. The molecule has 2 amide bonds. The summed E-state index contributed by atoms with van der Waals surface area (Å²) in [6, 6.07) is 0.188. The van der Waals surface area contributed by atoms with Crippen molar-refractivity contribution in [2.75, 3.05) is 13.1 Å². The number of amides is 2. The summed E-state index contributed by atoms with van der Waals surface area (Å²) < 4.78 is 0. The lowest BCUT2D eigenvalue weighted by Crippen LogP contribution is -2.40. The van der Waals surface area contributed by atoms with Crippen molar-refractivity contribution in [3.8, 4) is 0 Å². The first-order valence-corrected chi connectivity index (χ1v) is 4.40. The number of rotatable bonds is 3. The highest BCUT2D eigenvalue weighted by atomic mass is 16.2. The Bertz CT molecular complexity index is 217. The Morgan fingerprint density at radius 2 is 2.31 bits per heavy atom. The lowest BCUT2D eigenvalue weighted by Gasteiger charge is -2.13. The lowest BCUT2D eigenvalue weighted by atomic mass is 10.0. The average Bonchev–Trinajstić information content (AvgIpc) is 2.47. The molecule has 1 aliphatic rings. The maximum atomic E-state index is 11.4. The Labute approximate surface area is 77.1 Å². The third-order valence-corrected chi connectivity index (χ3v) is 2.30. The molecule has 13 heavy (non-hydrogen) atoms. The molecular weight excluding hydrogens is 170 g/mol. The molecule has 0 radical (unpaired) electrons. The Kier molecular flexibility index (Phi) is 3.25. The molecule has 5 nitrogen and oxygen atoms in total. The number of nitrogens with one attached hydrogen (secondary N) is 2. The van der Waals surface area contributed by atoms with Crippen LogP contribution in [-0.4, -0.2) is 30.9 Å². The molecule has 1 fully saturated rings. The van der Waals surface area contributed by atoms with E-state index in [1.54, 1.807) is 0 Å². The van der Waals surface area contributed by atoms with Crippen molar-refractivity contribution < 1.29 is 9.59 Å². The molecule has 4 N–H and O–H groups in total. The number of nitrogens with two attached hydrogens (primary N) is 1. The molecule has 0 aromatic heterocycles. The molecule has 0 aliphatic carbocycles. The molecule has 0 aromatic rings. The highest BCUT2D eigenvalue weighted by Crippen LogP contribution is 2.14. The first-order chi connectivity index (χ1) is 6.11. The van der Waals surface area contributed by atoms with Gasteiger partial charge in [0, 0.05) is 6.04 Å². The normalized spacial score (nSPS) is 27.2. The first-order valence-electron chi connectivity index (χ1n) is 4.40. The summed E-state index contributed by atoms with van der Waals surface area (Å²) in [5.41, 5.74) is 4.90. The average molecular weight is 185 g/mol. The van der Waals surface area contributed by atoms with E-state index in [4.69, 9.17) is 5.73 Å². The van der Waals surface area contributed by atoms with Crippen molar-refractivity contribution in [3.63, 3.8) is 0 Å². The third kappa shape index (κ3) is 2.69. The fourth-order valence-corrected chi connectivity index (χ4v) is 1.52. The summed E-state index contributed by atoms with van der Waals surface area (Å²) in [7, 11) is 0. The fourth-order valence-electron chi connectivity index (χ4n) is 1.52. The molecule has 1 heterocycles. The van der Waals surface area contributed by atoms with Crippen molar-refractivity contribution in [2.45, 2.75) is 19.4 Å². The van der Waals surface area contributed by atoms with Gasteiger partial charge in [0.05, 0.1) is 12.5 Å². The molecule has 5 heteroatoms. The second kappa shape index (κ2) is 4.23. The second-order valence-corrected chi connectivity index (χ2v) is 3.32. The van der Waals surface area contributed by atoms with Gasteiger partial charge in [-0.25, -0.2) is 0 Å². The minimum atomic E-state index is -0.507. The number of carbonyl (C=O) groups is 2. The predicted molar refractivity (Wildman–Crippen MR) is 47.8 cm³/mol. The molecule has 2 atom stereocenters. The molecule has 1 saturated heterocycles. The zero-order valence-electron chi connectivity index (χ0n) is 7.67. The van der Waals surface area contributed by atoms with Gasteiger partial charge in [-0.15, -0.1) is 0 Å². The number of hydrogen-bond acceptors (Lipinski definition) is 3. The van der Waals surface area contributed by atoms with Gasteiger partial charge in [0.15, 0.2) is 0 Å². The molecular formula is C8H15N3O2. The molecule has 2 unspecified atom stereocenters. The predicted octanol–water partition coefficient (Wildman–Crippen LogP) is -1.41. The highest BCUT2D eigenvalue weighted by molar-refractivity contribution is 5.85. The van der Waals surface area contributed by atoms with Gasteiger partial charge in [0.25, 0.3) is 0 Å². The Hall–Kier alpha value is -1.10. The van der Waals surface area contributed by atoms with Gasteiger partial charge in [-0.2, -0.15) is 0 Å². The van der Waals surface area contributed by atoms with Crippen LogP contribution in [0.1, 0.15) is 13.3 Å². The zero-order valence-corrected chi connectivity index (χ0v) is 7.67. The molecule has 0 spiro atoms. The Morgan fingerprint density at radius 3 is 2.77 bits per heavy atom. The number of primary amides is 1. The minimum absolute atomic E-state index is 0.0284. The van der Waals surface area contributed by atoms with Crippen LogP contribution in [-0.2, 0) is 9.59 Å². The van der Waals surface area contributed by atoms with Crippen molar-refractivity contribution in [1.29, 1.82) is 0 Å². The van der Waals surface area contributed by atoms with Crippen LogP contribution < -0.4 is 16.4 Å². The van der Waals surface area contributed by atoms with Gasteiger partial charge in [0.1, 0.15) is 0 Å². The van der Waals surface area contributed by atoms with E-state index in [1.807, 2.05) is 6.92 Å². The number of carbonyl (C=O) groups excluding carboxylic acids is 2. The summed E-state index contributed by atoms with van der Waals surface area (Å²) in [6.07, 6.45) is 0.825. The number of hydrogen-bond donors (Lipinski definition) is 3. The topological polar surface area (TPSA) is 84.2 Å². The van der Waals surface area contributed by atoms with Gasteiger partial charge < -0.3 is 16.4 Å². The van der Waals surface area contributed by atoms with Crippen molar-refractivity contribution >= 4 is 11.8 Å². The highest BCUT2D eigenvalue weighted by Gasteiger charge is 2.29. The minimum Gasteiger partial charge on any atom is -0.368 e. The summed E-state index contributed by atoms with van der Waals surface area (Å²) in [6.45, 7) is 2.75.